The molecule has 3 N–H and O–H groups in total. The monoisotopic (exact) mass is 718 g/mol. The zero-order valence-electron chi connectivity index (χ0n) is 34.6. The van der Waals surface area contributed by atoms with E-state index in [2.05, 4.69) is 31.3 Å². The predicted molar refractivity (Wildman–Crippen MR) is 225 cm³/mol. The van der Waals surface area contributed by atoms with Gasteiger partial charge in [0.05, 0.1) is 18.8 Å². The maximum absolute atomic E-state index is 12.4. The zero-order valence-corrected chi connectivity index (χ0v) is 34.6. The van der Waals surface area contributed by atoms with Gasteiger partial charge >= 0.3 is 0 Å². The molecule has 2 unspecified atom stereocenters. The summed E-state index contributed by atoms with van der Waals surface area (Å²) in [4.78, 5) is 12.4. The van der Waals surface area contributed by atoms with E-state index in [0.29, 0.717) is 6.42 Å². The molecule has 0 aromatic rings. The molecule has 0 bridgehead atoms. The van der Waals surface area contributed by atoms with Crippen molar-refractivity contribution in [3.05, 3.63) is 24.3 Å². The van der Waals surface area contributed by atoms with Crippen molar-refractivity contribution in [2.75, 3.05) is 6.61 Å². The standard InChI is InChI=1S/C47H91NO3/c1-3-5-7-9-11-13-15-17-19-21-22-23-24-25-27-29-31-33-35-37-39-41-43-47(51)48-45(44-49)46(50)42-40-38-36-34-32-30-28-26-20-18-16-14-12-10-8-6-4-2/h32,34,40,42,45-46,49-50H,3-31,33,35-39,41,43-44H2,1-2H3,(H,48,51)/b34-32+,42-40+. The number of nitrogens with one attached hydrogen (secondary N) is 1. The Morgan fingerprint density at radius 3 is 1.14 bits per heavy atom. The van der Waals surface area contributed by atoms with Gasteiger partial charge in [-0.3, -0.25) is 4.79 Å². The lowest BCUT2D eigenvalue weighted by molar-refractivity contribution is -0.123. The second-order valence-electron chi connectivity index (χ2n) is 15.8. The fraction of sp³-hybridized carbons (Fsp3) is 0.894. The minimum atomic E-state index is -0.858. The highest BCUT2D eigenvalue weighted by Gasteiger charge is 2.17. The van der Waals surface area contributed by atoms with Gasteiger partial charge in [-0.15, -0.1) is 0 Å². The summed E-state index contributed by atoms with van der Waals surface area (Å²) in [6, 6.07) is -0.634. The van der Waals surface area contributed by atoms with Crippen LogP contribution in [0.2, 0.25) is 0 Å². The lowest BCUT2D eigenvalue weighted by Gasteiger charge is -2.19. The summed E-state index contributed by atoms with van der Waals surface area (Å²) in [6.07, 6.45) is 55.8. The van der Waals surface area contributed by atoms with Crippen molar-refractivity contribution in [3.8, 4) is 0 Å². The highest BCUT2D eigenvalue weighted by molar-refractivity contribution is 5.76. The fourth-order valence-corrected chi connectivity index (χ4v) is 7.14. The molecule has 1 amide bonds. The van der Waals surface area contributed by atoms with Crippen LogP contribution >= 0.6 is 0 Å². The molecule has 0 saturated carbocycles. The first-order valence-corrected chi connectivity index (χ1v) is 23.1. The van der Waals surface area contributed by atoms with Gasteiger partial charge in [-0.2, -0.15) is 0 Å². The SMILES string of the molecule is CCCCCCCCCCCCC/C=C/CC/C=C/C(O)C(CO)NC(=O)CCCCCCCCCCCCCCCCCCCCCCCC. The van der Waals surface area contributed by atoms with Crippen LogP contribution in [-0.4, -0.2) is 34.9 Å². The van der Waals surface area contributed by atoms with Crippen LogP contribution in [0.5, 0.6) is 0 Å². The molecule has 0 rings (SSSR count). The molecule has 0 aliphatic heterocycles. The molecule has 51 heavy (non-hydrogen) atoms. The molecule has 0 fully saturated rings. The molecule has 0 aliphatic carbocycles. The fourth-order valence-electron chi connectivity index (χ4n) is 7.14. The topological polar surface area (TPSA) is 69.6 Å². The molecule has 0 aromatic carbocycles. The van der Waals surface area contributed by atoms with Crippen LogP contribution in [0, 0.1) is 0 Å². The summed E-state index contributed by atoms with van der Waals surface area (Å²) in [5.41, 5.74) is 0. The first-order chi connectivity index (χ1) is 25.2. The van der Waals surface area contributed by atoms with Gasteiger partial charge in [-0.1, -0.05) is 237 Å². The third kappa shape index (κ3) is 39.9. The van der Waals surface area contributed by atoms with E-state index < -0.39 is 12.1 Å². The Labute approximate surface area is 319 Å². The van der Waals surface area contributed by atoms with Gasteiger partial charge in [0.15, 0.2) is 0 Å². The van der Waals surface area contributed by atoms with Crippen molar-refractivity contribution < 1.29 is 15.0 Å². The van der Waals surface area contributed by atoms with Gasteiger partial charge in [0.2, 0.25) is 5.91 Å². The number of carbonyl (C=O) groups excluding carboxylic acids is 1. The lowest BCUT2D eigenvalue weighted by Crippen LogP contribution is -2.45. The molecular weight excluding hydrogens is 627 g/mol. The second kappa shape index (κ2) is 43.3. The van der Waals surface area contributed by atoms with Gasteiger partial charge in [0, 0.05) is 6.42 Å². The number of unbranched alkanes of at least 4 members (excludes halogenated alkanes) is 33. The van der Waals surface area contributed by atoms with Crippen molar-refractivity contribution >= 4 is 5.91 Å². The molecular formula is C47H91NO3. The van der Waals surface area contributed by atoms with Crippen molar-refractivity contribution in [2.24, 2.45) is 0 Å². The number of hydrogen-bond acceptors (Lipinski definition) is 3. The molecule has 0 aromatic heterocycles. The summed E-state index contributed by atoms with van der Waals surface area (Å²) in [5.74, 6) is -0.0694. The average Bonchev–Trinajstić information content (AvgIpc) is 3.13. The number of aliphatic hydroxyl groups excluding tert-OH is 2. The van der Waals surface area contributed by atoms with Crippen molar-refractivity contribution in [3.63, 3.8) is 0 Å². The number of carbonyl (C=O) groups is 1. The molecule has 2 atom stereocenters. The minimum absolute atomic E-state index is 0.0694. The van der Waals surface area contributed by atoms with Crippen LogP contribution in [0.4, 0.5) is 0 Å². The largest absolute Gasteiger partial charge is 0.394 e. The molecule has 0 spiro atoms. The summed E-state index contributed by atoms with van der Waals surface area (Å²) in [7, 11) is 0. The smallest absolute Gasteiger partial charge is 0.220 e. The number of aliphatic hydroxyl groups is 2. The molecule has 0 radical (unpaired) electrons. The molecule has 302 valence electrons. The minimum Gasteiger partial charge on any atom is -0.394 e. The van der Waals surface area contributed by atoms with Crippen LogP contribution in [0.15, 0.2) is 24.3 Å². The van der Waals surface area contributed by atoms with Crippen molar-refractivity contribution in [1.29, 1.82) is 0 Å². The Morgan fingerprint density at radius 1 is 0.451 bits per heavy atom. The van der Waals surface area contributed by atoms with E-state index in [1.165, 1.54) is 199 Å². The zero-order chi connectivity index (χ0) is 37.1. The Bertz CT molecular complexity index is 735. The highest BCUT2D eigenvalue weighted by Crippen LogP contribution is 2.16. The summed E-state index contributed by atoms with van der Waals surface area (Å²) < 4.78 is 0. The molecule has 4 nitrogen and oxygen atoms in total. The van der Waals surface area contributed by atoms with Crippen molar-refractivity contribution in [1.82, 2.24) is 5.32 Å². The van der Waals surface area contributed by atoms with Crippen molar-refractivity contribution in [2.45, 2.75) is 264 Å². The van der Waals surface area contributed by atoms with Gasteiger partial charge in [0.1, 0.15) is 0 Å². The number of allylic oxidation sites excluding steroid dienone is 3. The van der Waals surface area contributed by atoms with Crippen LogP contribution in [0.3, 0.4) is 0 Å². The van der Waals surface area contributed by atoms with Crippen LogP contribution in [-0.2, 0) is 4.79 Å². The molecule has 0 aliphatic rings. The number of amides is 1. The predicted octanol–water partition coefficient (Wildman–Crippen LogP) is 14.4. The van der Waals surface area contributed by atoms with E-state index in [0.717, 1.165) is 32.1 Å². The Balaban J connectivity index is 3.54. The van der Waals surface area contributed by atoms with Gasteiger partial charge in [-0.05, 0) is 32.1 Å². The van der Waals surface area contributed by atoms with E-state index in [4.69, 9.17) is 0 Å². The van der Waals surface area contributed by atoms with E-state index in [9.17, 15) is 15.0 Å². The highest BCUT2D eigenvalue weighted by atomic mass is 16.3. The lowest BCUT2D eigenvalue weighted by atomic mass is 10.0. The third-order valence-corrected chi connectivity index (χ3v) is 10.7. The van der Waals surface area contributed by atoms with E-state index in [-0.39, 0.29) is 12.5 Å². The van der Waals surface area contributed by atoms with E-state index in [1.54, 1.807) is 6.08 Å². The summed E-state index contributed by atoms with van der Waals surface area (Å²) in [6.45, 7) is 4.32. The molecule has 0 saturated heterocycles. The van der Waals surface area contributed by atoms with E-state index >= 15 is 0 Å². The normalized spacial score (nSPS) is 13.1. The first-order valence-electron chi connectivity index (χ1n) is 23.1. The maximum Gasteiger partial charge on any atom is 0.220 e. The second-order valence-corrected chi connectivity index (χ2v) is 15.8. The maximum atomic E-state index is 12.4. The third-order valence-electron chi connectivity index (χ3n) is 10.7. The number of rotatable bonds is 42. The quantitative estimate of drug-likeness (QED) is 0.0435. The first kappa shape index (κ1) is 49.9. The Morgan fingerprint density at radius 2 is 0.765 bits per heavy atom. The summed E-state index contributed by atoms with van der Waals surface area (Å²) in [5, 5.41) is 23.0. The van der Waals surface area contributed by atoms with Crippen LogP contribution in [0.1, 0.15) is 251 Å². The van der Waals surface area contributed by atoms with E-state index in [1.807, 2.05) is 6.08 Å². The summed E-state index contributed by atoms with van der Waals surface area (Å²) >= 11 is 0. The van der Waals surface area contributed by atoms with Gasteiger partial charge in [0.25, 0.3) is 0 Å². The molecule has 0 heterocycles. The number of hydrogen-bond donors (Lipinski definition) is 3. The Kier molecular flexibility index (Phi) is 42.3. The van der Waals surface area contributed by atoms with Gasteiger partial charge in [-0.25, -0.2) is 0 Å². The average molecular weight is 718 g/mol. The van der Waals surface area contributed by atoms with Gasteiger partial charge < -0.3 is 15.5 Å². The Hall–Kier alpha value is -1.13. The molecule has 4 heteroatoms. The van der Waals surface area contributed by atoms with Crippen LogP contribution in [0.25, 0.3) is 0 Å². The van der Waals surface area contributed by atoms with Crippen LogP contribution < -0.4 is 5.32 Å².